The topological polar surface area (TPSA) is 58.1 Å². The molecule has 0 saturated carbocycles. The third-order valence-corrected chi connectivity index (χ3v) is 3.73. The number of fused-ring (bicyclic) bond motifs is 1. The van der Waals surface area contributed by atoms with Crippen molar-refractivity contribution in [2.24, 2.45) is 0 Å². The predicted molar refractivity (Wildman–Crippen MR) is 98.8 cm³/mol. The third kappa shape index (κ3) is 4.52. The SMILES string of the molecule is C=CO.CC(C)c1cc2cc(Cl)c(OCc3cccnc3)cc2[nH]1. The molecule has 0 atom stereocenters. The fraction of sp³-hybridized carbons (Fsp3) is 0.211. The Morgan fingerprint density at radius 3 is 2.75 bits per heavy atom. The molecule has 1 aromatic carbocycles. The number of aliphatic hydroxyl groups is 1. The lowest BCUT2D eigenvalue weighted by Gasteiger charge is -2.08. The van der Waals surface area contributed by atoms with Crippen LogP contribution in [0.4, 0.5) is 0 Å². The molecule has 24 heavy (non-hydrogen) atoms. The zero-order valence-corrected chi connectivity index (χ0v) is 14.5. The van der Waals surface area contributed by atoms with E-state index in [9.17, 15) is 0 Å². The van der Waals surface area contributed by atoms with E-state index >= 15 is 0 Å². The molecule has 2 heterocycles. The van der Waals surface area contributed by atoms with Gasteiger partial charge in [-0.1, -0.05) is 38.1 Å². The van der Waals surface area contributed by atoms with Gasteiger partial charge in [0, 0.05) is 40.6 Å². The summed E-state index contributed by atoms with van der Waals surface area (Å²) in [6.07, 6.45) is 4.28. The first-order chi connectivity index (χ1) is 11.5. The number of hydrogen-bond donors (Lipinski definition) is 2. The van der Waals surface area contributed by atoms with Crippen LogP contribution in [0.1, 0.15) is 31.0 Å². The summed E-state index contributed by atoms with van der Waals surface area (Å²) < 4.78 is 5.81. The van der Waals surface area contributed by atoms with Crippen molar-refractivity contribution in [1.82, 2.24) is 9.97 Å². The number of rotatable bonds is 4. The molecule has 2 aromatic heterocycles. The lowest BCUT2D eigenvalue weighted by molar-refractivity contribution is 0.306. The van der Waals surface area contributed by atoms with Crippen molar-refractivity contribution < 1.29 is 9.84 Å². The van der Waals surface area contributed by atoms with Gasteiger partial charge in [-0.3, -0.25) is 4.98 Å². The Morgan fingerprint density at radius 1 is 1.38 bits per heavy atom. The minimum atomic E-state index is 0.455. The summed E-state index contributed by atoms with van der Waals surface area (Å²) >= 11 is 6.30. The first-order valence-corrected chi connectivity index (χ1v) is 8.02. The lowest BCUT2D eigenvalue weighted by Crippen LogP contribution is -1.96. The van der Waals surface area contributed by atoms with Gasteiger partial charge in [0.15, 0.2) is 0 Å². The molecule has 0 spiro atoms. The number of nitrogens with one attached hydrogen (secondary N) is 1. The average Bonchev–Trinajstić information content (AvgIpc) is 2.97. The van der Waals surface area contributed by atoms with Crippen molar-refractivity contribution in [3.8, 4) is 5.75 Å². The summed E-state index contributed by atoms with van der Waals surface area (Å²) in [5.74, 6) is 1.14. The van der Waals surface area contributed by atoms with Gasteiger partial charge in [-0.2, -0.15) is 0 Å². The van der Waals surface area contributed by atoms with Crippen LogP contribution in [0.15, 0.2) is 55.6 Å². The lowest BCUT2D eigenvalue weighted by atomic mass is 10.1. The van der Waals surface area contributed by atoms with Crippen LogP contribution in [-0.2, 0) is 6.61 Å². The highest BCUT2D eigenvalue weighted by Crippen LogP contribution is 2.32. The molecule has 0 aliphatic rings. The molecule has 0 radical (unpaired) electrons. The standard InChI is InChI=1S/C17H17ClN2O.C2H4O/c1-11(2)15-7-13-6-14(18)17(8-16(13)20-15)21-10-12-4-3-5-19-9-12;1-2-3/h3-9,11,20H,10H2,1-2H3;2-3H,1H2. The predicted octanol–water partition coefficient (Wildman–Crippen LogP) is 5.61. The van der Waals surface area contributed by atoms with Crippen LogP contribution in [0.25, 0.3) is 10.9 Å². The highest BCUT2D eigenvalue weighted by molar-refractivity contribution is 6.32. The van der Waals surface area contributed by atoms with Gasteiger partial charge in [0.25, 0.3) is 0 Å². The third-order valence-electron chi connectivity index (χ3n) is 3.43. The molecule has 0 amide bonds. The molecule has 0 bridgehead atoms. The van der Waals surface area contributed by atoms with Gasteiger partial charge in [0.05, 0.1) is 11.3 Å². The molecule has 4 nitrogen and oxygen atoms in total. The molecule has 5 heteroatoms. The van der Waals surface area contributed by atoms with Crippen LogP contribution < -0.4 is 4.74 Å². The van der Waals surface area contributed by atoms with Crippen molar-refractivity contribution in [1.29, 1.82) is 0 Å². The summed E-state index contributed by atoms with van der Waals surface area (Å²) in [6, 6.07) is 9.91. The summed E-state index contributed by atoms with van der Waals surface area (Å²) in [4.78, 5) is 7.48. The van der Waals surface area contributed by atoms with E-state index in [1.54, 1.807) is 12.4 Å². The van der Waals surface area contributed by atoms with Gasteiger partial charge in [-0.05, 0) is 24.1 Å². The molecule has 0 saturated heterocycles. The Balaban J connectivity index is 0.000000647. The highest BCUT2D eigenvalue weighted by Gasteiger charge is 2.09. The van der Waals surface area contributed by atoms with E-state index in [1.807, 2.05) is 24.3 Å². The summed E-state index contributed by atoms with van der Waals surface area (Å²) in [5.41, 5.74) is 3.26. The number of aliphatic hydroxyl groups excluding tert-OH is 1. The minimum absolute atomic E-state index is 0.455. The number of aromatic nitrogens is 2. The van der Waals surface area contributed by atoms with Gasteiger partial charge in [-0.25, -0.2) is 0 Å². The van der Waals surface area contributed by atoms with Crippen LogP contribution in [0, 0.1) is 0 Å². The fourth-order valence-corrected chi connectivity index (χ4v) is 2.45. The van der Waals surface area contributed by atoms with E-state index in [1.165, 1.54) is 5.69 Å². The molecule has 0 unspecified atom stereocenters. The van der Waals surface area contributed by atoms with Gasteiger partial charge in [0.1, 0.15) is 12.4 Å². The largest absolute Gasteiger partial charge is 0.516 e. The van der Waals surface area contributed by atoms with E-state index in [4.69, 9.17) is 21.4 Å². The Kier molecular flexibility index (Phi) is 6.27. The number of pyridine rings is 1. The maximum Gasteiger partial charge on any atom is 0.140 e. The molecule has 0 fully saturated rings. The van der Waals surface area contributed by atoms with E-state index in [2.05, 4.69) is 36.5 Å². The van der Waals surface area contributed by atoms with Crippen LogP contribution in [0.2, 0.25) is 5.02 Å². The monoisotopic (exact) mass is 344 g/mol. The molecule has 0 aliphatic carbocycles. The zero-order valence-electron chi connectivity index (χ0n) is 13.8. The fourth-order valence-electron chi connectivity index (χ4n) is 2.22. The highest BCUT2D eigenvalue weighted by atomic mass is 35.5. The zero-order chi connectivity index (χ0) is 17.5. The summed E-state index contributed by atoms with van der Waals surface area (Å²) in [7, 11) is 0. The molecule has 0 aliphatic heterocycles. The number of halogens is 1. The summed E-state index contributed by atoms with van der Waals surface area (Å²) in [6.45, 7) is 7.69. The van der Waals surface area contributed by atoms with Gasteiger partial charge in [-0.15, -0.1) is 0 Å². The number of hydrogen-bond acceptors (Lipinski definition) is 3. The second kappa shape index (κ2) is 8.41. The molecule has 126 valence electrons. The Morgan fingerprint density at radius 2 is 2.12 bits per heavy atom. The van der Waals surface area contributed by atoms with Crippen molar-refractivity contribution >= 4 is 22.5 Å². The van der Waals surface area contributed by atoms with Crippen molar-refractivity contribution in [2.45, 2.75) is 26.4 Å². The molecular formula is C19H21ClN2O2. The van der Waals surface area contributed by atoms with Crippen LogP contribution in [0.3, 0.4) is 0 Å². The van der Waals surface area contributed by atoms with Crippen molar-refractivity contribution in [3.05, 3.63) is 71.8 Å². The van der Waals surface area contributed by atoms with Gasteiger partial charge in [0.2, 0.25) is 0 Å². The number of ether oxygens (including phenoxy) is 1. The maximum absolute atomic E-state index is 7.33. The molecular weight excluding hydrogens is 324 g/mol. The van der Waals surface area contributed by atoms with Gasteiger partial charge < -0.3 is 14.8 Å². The Bertz CT molecular complexity index is 798. The van der Waals surface area contributed by atoms with Crippen LogP contribution in [0.5, 0.6) is 5.75 Å². The van der Waals surface area contributed by atoms with E-state index < -0.39 is 0 Å². The number of benzene rings is 1. The van der Waals surface area contributed by atoms with Crippen molar-refractivity contribution in [2.75, 3.05) is 0 Å². The van der Waals surface area contributed by atoms with Crippen LogP contribution >= 0.6 is 11.6 Å². The maximum atomic E-state index is 7.33. The molecule has 3 rings (SSSR count). The second-order valence-electron chi connectivity index (χ2n) is 5.58. The second-order valence-corrected chi connectivity index (χ2v) is 5.99. The van der Waals surface area contributed by atoms with Crippen LogP contribution in [-0.4, -0.2) is 15.1 Å². The van der Waals surface area contributed by atoms with Gasteiger partial charge >= 0.3 is 0 Å². The summed E-state index contributed by atoms with van der Waals surface area (Å²) in [5, 5.41) is 9.07. The number of H-pyrrole nitrogens is 1. The normalized spacial score (nSPS) is 10.3. The quantitative estimate of drug-likeness (QED) is 0.605. The average molecular weight is 345 g/mol. The van der Waals surface area contributed by atoms with E-state index in [0.29, 0.717) is 23.3 Å². The van der Waals surface area contributed by atoms with E-state index in [-0.39, 0.29) is 0 Å². The smallest absolute Gasteiger partial charge is 0.140 e. The number of nitrogens with zero attached hydrogens (tertiary/aromatic N) is 1. The van der Waals surface area contributed by atoms with Crippen molar-refractivity contribution in [3.63, 3.8) is 0 Å². The molecule has 2 N–H and O–H groups in total. The Hall–Kier alpha value is -2.46. The molecule has 3 aromatic rings. The van der Waals surface area contributed by atoms with E-state index in [0.717, 1.165) is 22.7 Å². The first kappa shape index (κ1) is 17.9. The minimum Gasteiger partial charge on any atom is -0.516 e. The first-order valence-electron chi connectivity index (χ1n) is 7.64. The number of aromatic amines is 1. The Labute approximate surface area is 146 Å².